The Morgan fingerprint density at radius 2 is 1.47 bits per heavy atom. The predicted molar refractivity (Wildman–Crippen MR) is 136 cm³/mol. The number of aromatic nitrogens is 2. The van der Waals surface area contributed by atoms with Crippen LogP contribution in [0.15, 0.2) is 108 Å². The van der Waals surface area contributed by atoms with Gasteiger partial charge >= 0.3 is 0 Å². The van der Waals surface area contributed by atoms with Crippen LogP contribution in [0.5, 0.6) is 0 Å². The quantitative estimate of drug-likeness (QED) is 0.281. The van der Waals surface area contributed by atoms with E-state index in [-0.39, 0.29) is 0 Å². The van der Waals surface area contributed by atoms with Crippen LogP contribution in [0.3, 0.4) is 0 Å². The third-order valence-corrected chi connectivity index (χ3v) is 6.47. The molecule has 0 aliphatic heterocycles. The van der Waals surface area contributed by atoms with Gasteiger partial charge in [-0.1, -0.05) is 36.4 Å². The van der Waals surface area contributed by atoms with E-state index in [0.29, 0.717) is 5.56 Å². The molecule has 7 rings (SSSR count). The number of hydrogen-bond acceptors (Lipinski definition) is 3. The lowest BCUT2D eigenvalue weighted by atomic mass is 10.0. The highest BCUT2D eigenvalue weighted by molar-refractivity contribution is 6.08. The highest BCUT2D eigenvalue weighted by atomic mass is 16.3. The normalized spacial score (nSPS) is 11.5. The molecule has 0 unspecified atom stereocenters. The van der Waals surface area contributed by atoms with Gasteiger partial charge in [-0.25, -0.2) is 4.98 Å². The van der Waals surface area contributed by atoms with Crippen molar-refractivity contribution < 1.29 is 4.42 Å². The average Bonchev–Trinajstić information content (AvgIpc) is 3.43. The van der Waals surface area contributed by atoms with E-state index >= 15 is 0 Å². The number of furan rings is 1. The van der Waals surface area contributed by atoms with E-state index < -0.39 is 0 Å². The molecule has 4 nitrogen and oxygen atoms in total. The average molecular weight is 435 g/mol. The maximum absolute atomic E-state index is 9.32. The van der Waals surface area contributed by atoms with Gasteiger partial charge in [0.25, 0.3) is 0 Å². The first-order chi connectivity index (χ1) is 16.8. The van der Waals surface area contributed by atoms with E-state index in [4.69, 9.17) is 9.40 Å². The molecular formula is C30H17N3O. The lowest BCUT2D eigenvalue weighted by molar-refractivity contribution is 0.669. The molecule has 0 aliphatic rings. The Bertz CT molecular complexity index is 1880. The summed E-state index contributed by atoms with van der Waals surface area (Å²) in [5.41, 5.74) is 7.57. The van der Waals surface area contributed by atoms with Gasteiger partial charge in [0.2, 0.25) is 0 Å². The molecule has 3 heterocycles. The standard InChI is InChI=1S/C30H17N3O/c31-18-19-10-12-28-25(15-19)26-17-21(11-13-29(26)34-28)20-5-3-6-22(16-20)33-27-9-2-1-7-23(27)24-8-4-14-32-30(24)33/h1-17H. The number of para-hydroxylation sites is 1. The fourth-order valence-corrected chi connectivity index (χ4v) is 4.91. The Hall–Kier alpha value is -4.88. The molecule has 0 bridgehead atoms. The zero-order valence-corrected chi connectivity index (χ0v) is 18.1. The SMILES string of the molecule is N#Cc1ccc2oc3ccc(-c4cccc(-n5c6ccccc6c6cccnc65)c4)cc3c2c1. The molecule has 0 atom stereocenters. The first-order valence-corrected chi connectivity index (χ1v) is 11.1. The summed E-state index contributed by atoms with van der Waals surface area (Å²) in [5, 5.41) is 13.6. The van der Waals surface area contributed by atoms with E-state index in [2.05, 4.69) is 77.4 Å². The van der Waals surface area contributed by atoms with Crippen molar-refractivity contribution in [3.8, 4) is 22.9 Å². The Balaban J connectivity index is 1.44. The zero-order valence-electron chi connectivity index (χ0n) is 18.1. The second-order valence-corrected chi connectivity index (χ2v) is 8.41. The van der Waals surface area contributed by atoms with Crippen LogP contribution in [0, 0.1) is 11.3 Å². The summed E-state index contributed by atoms with van der Waals surface area (Å²) in [6.45, 7) is 0. The smallest absolute Gasteiger partial charge is 0.145 e. The second kappa shape index (κ2) is 7.06. The summed E-state index contributed by atoms with van der Waals surface area (Å²) in [5.74, 6) is 0. The van der Waals surface area contributed by atoms with Crippen LogP contribution in [0.4, 0.5) is 0 Å². The predicted octanol–water partition coefficient (Wildman–Crippen LogP) is 7.62. The molecule has 0 aliphatic carbocycles. The first kappa shape index (κ1) is 18.7. The maximum Gasteiger partial charge on any atom is 0.145 e. The van der Waals surface area contributed by atoms with Crippen molar-refractivity contribution in [2.75, 3.05) is 0 Å². The van der Waals surface area contributed by atoms with Gasteiger partial charge in [0, 0.05) is 33.4 Å². The Morgan fingerprint density at radius 3 is 2.38 bits per heavy atom. The van der Waals surface area contributed by atoms with Gasteiger partial charge in [0.15, 0.2) is 0 Å². The number of nitriles is 1. The maximum atomic E-state index is 9.32. The monoisotopic (exact) mass is 435 g/mol. The number of fused-ring (bicyclic) bond motifs is 6. The Kier molecular flexibility index (Phi) is 3.88. The van der Waals surface area contributed by atoms with Crippen LogP contribution in [0.2, 0.25) is 0 Å². The number of pyridine rings is 1. The van der Waals surface area contributed by atoms with Crippen LogP contribution in [0.1, 0.15) is 5.56 Å². The summed E-state index contributed by atoms with van der Waals surface area (Å²) in [6.07, 6.45) is 1.84. The number of nitrogens with zero attached hydrogens (tertiary/aromatic N) is 3. The molecule has 0 amide bonds. The van der Waals surface area contributed by atoms with Crippen molar-refractivity contribution in [2.45, 2.75) is 0 Å². The minimum atomic E-state index is 0.626. The zero-order chi connectivity index (χ0) is 22.6. The molecule has 34 heavy (non-hydrogen) atoms. The Morgan fingerprint density at radius 1 is 0.676 bits per heavy atom. The van der Waals surface area contributed by atoms with Crippen molar-refractivity contribution in [1.29, 1.82) is 5.26 Å². The number of hydrogen-bond donors (Lipinski definition) is 0. The van der Waals surface area contributed by atoms with E-state index in [9.17, 15) is 5.26 Å². The molecule has 0 saturated carbocycles. The minimum Gasteiger partial charge on any atom is -0.456 e. The third-order valence-electron chi connectivity index (χ3n) is 6.47. The van der Waals surface area contributed by atoms with Gasteiger partial charge < -0.3 is 4.42 Å². The fourth-order valence-electron chi connectivity index (χ4n) is 4.91. The van der Waals surface area contributed by atoms with E-state index in [1.807, 2.05) is 30.5 Å². The molecule has 0 fully saturated rings. The van der Waals surface area contributed by atoms with Gasteiger partial charge in [-0.15, -0.1) is 0 Å². The molecule has 0 radical (unpaired) electrons. The van der Waals surface area contributed by atoms with Crippen molar-refractivity contribution in [3.05, 3.63) is 109 Å². The molecule has 4 aromatic carbocycles. The van der Waals surface area contributed by atoms with E-state index in [0.717, 1.165) is 55.3 Å². The van der Waals surface area contributed by atoms with Crippen molar-refractivity contribution in [3.63, 3.8) is 0 Å². The lowest BCUT2D eigenvalue weighted by Gasteiger charge is -2.10. The third kappa shape index (κ3) is 2.68. The first-order valence-electron chi connectivity index (χ1n) is 11.1. The van der Waals surface area contributed by atoms with Gasteiger partial charge in [-0.05, 0) is 71.8 Å². The van der Waals surface area contributed by atoms with Gasteiger partial charge in [-0.2, -0.15) is 5.26 Å². The summed E-state index contributed by atoms with van der Waals surface area (Å²) < 4.78 is 8.22. The molecule has 0 saturated heterocycles. The van der Waals surface area contributed by atoms with Crippen molar-refractivity contribution in [2.24, 2.45) is 0 Å². The fraction of sp³-hybridized carbons (Fsp3) is 0. The molecule has 3 aromatic heterocycles. The van der Waals surface area contributed by atoms with Gasteiger partial charge in [-0.3, -0.25) is 4.57 Å². The summed E-state index contributed by atoms with van der Waals surface area (Å²) in [4.78, 5) is 4.71. The highest BCUT2D eigenvalue weighted by Gasteiger charge is 2.14. The van der Waals surface area contributed by atoms with E-state index in [1.54, 1.807) is 6.07 Å². The largest absolute Gasteiger partial charge is 0.456 e. The van der Waals surface area contributed by atoms with Crippen LogP contribution in [-0.4, -0.2) is 9.55 Å². The second-order valence-electron chi connectivity index (χ2n) is 8.41. The van der Waals surface area contributed by atoms with Crippen LogP contribution in [0.25, 0.3) is 60.7 Å². The highest BCUT2D eigenvalue weighted by Crippen LogP contribution is 2.35. The van der Waals surface area contributed by atoms with Crippen molar-refractivity contribution in [1.82, 2.24) is 9.55 Å². The van der Waals surface area contributed by atoms with Crippen LogP contribution < -0.4 is 0 Å². The van der Waals surface area contributed by atoms with Gasteiger partial charge in [0.05, 0.1) is 17.1 Å². The molecule has 0 spiro atoms. The molecule has 4 heteroatoms. The minimum absolute atomic E-state index is 0.626. The summed E-state index contributed by atoms with van der Waals surface area (Å²) >= 11 is 0. The molecule has 0 N–H and O–H groups in total. The summed E-state index contributed by atoms with van der Waals surface area (Å²) in [7, 11) is 0. The number of rotatable bonds is 2. The molecule has 7 aromatic rings. The molecule has 158 valence electrons. The van der Waals surface area contributed by atoms with Gasteiger partial charge in [0.1, 0.15) is 16.8 Å². The summed E-state index contributed by atoms with van der Waals surface area (Å²) in [6, 6.07) is 35.0. The molecular weight excluding hydrogens is 418 g/mol. The van der Waals surface area contributed by atoms with E-state index in [1.165, 1.54) is 5.39 Å². The van der Waals surface area contributed by atoms with Crippen molar-refractivity contribution >= 4 is 43.9 Å². The Labute approximate surface area is 194 Å². The van der Waals surface area contributed by atoms with Crippen LogP contribution >= 0.6 is 0 Å². The van der Waals surface area contributed by atoms with Crippen LogP contribution in [-0.2, 0) is 0 Å². The number of benzene rings is 4. The lowest BCUT2D eigenvalue weighted by Crippen LogP contribution is -1.95. The topological polar surface area (TPSA) is 54.8 Å².